The summed E-state index contributed by atoms with van der Waals surface area (Å²) < 4.78 is 11.9. The van der Waals surface area contributed by atoms with Gasteiger partial charge >= 0.3 is 0 Å². The Kier molecular flexibility index (Phi) is 5.47. The van der Waals surface area contributed by atoms with Crippen molar-refractivity contribution in [2.24, 2.45) is 5.16 Å². The van der Waals surface area contributed by atoms with Crippen LogP contribution in [0.15, 0.2) is 46.0 Å². The van der Waals surface area contributed by atoms with Crippen LogP contribution in [0.2, 0.25) is 5.02 Å². The molecule has 0 aliphatic rings. The predicted molar refractivity (Wildman–Crippen MR) is 85.9 cm³/mol. The molecule has 21 heavy (non-hydrogen) atoms. The highest BCUT2D eigenvalue weighted by molar-refractivity contribution is 9.10. The Bertz CT molecular complexity index is 661. The molecular formula is C15H13BrClNO3. The van der Waals surface area contributed by atoms with Gasteiger partial charge in [-0.3, -0.25) is 0 Å². The third-order valence-corrected chi connectivity index (χ3v) is 3.43. The van der Waals surface area contributed by atoms with Crippen molar-refractivity contribution in [1.29, 1.82) is 0 Å². The molecule has 0 unspecified atom stereocenters. The van der Waals surface area contributed by atoms with Crippen LogP contribution in [0.5, 0.6) is 11.5 Å². The average Bonchev–Trinajstić information content (AvgIpc) is 2.46. The van der Waals surface area contributed by atoms with Gasteiger partial charge in [0, 0.05) is 15.1 Å². The number of hydrogen-bond acceptors (Lipinski definition) is 4. The number of ether oxygens (including phenoxy) is 2. The van der Waals surface area contributed by atoms with Gasteiger partial charge in [0.15, 0.2) is 11.5 Å². The van der Waals surface area contributed by atoms with Gasteiger partial charge in [-0.2, -0.15) is 0 Å². The summed E-state index contributed by atoms with van der Waals surface area (Å²) in [5.41, 5.74) is 1.53. The zero-order valence-corrected chi connectivity index (χ0v) is 13.6. The first kappa shape index (κ1) is 15.7. The van der Waals surface area contributed by atoms with Crippen LogP contribution in [0.1, 0.15) is 11.1 Å². The van der Waals surface area contributed by atoms with E-state index in [9.17, 15) is 0 Å². The lowest BCUT2D eigenvalue weighted by molar-refractivity contribution is 0.283. The van der Waals surface area contributed by atoms with Crippen molar-refractivity contribution < 1.29 is 14.7 Å². The number of halogens is 2. The van der Waals surface area contributed by atoms with Crippen molar-refractivity contribution in [3.8, 4) is 11.5 Å². The van der Waals surface area contributed by atoms with E-state index in [1.165, 1.54) is 6.21 Å². The van der Waals surface area contributed by atoms with Gasteiger partial charge in [-0.15, -0.1) is 0 Å². The van der Waals surface area contributed by atoms with Crippen LogP contribution in [-0.2, 0) is 6.61 Å². The molecule has 0 heterocycles. The SMILES string of the molecule is COc1cc(Br)cc(C=NO)c1OCc1cccc(Cl)c1. The van der Waals surface area contributed by atoms with E-state index in [1.54, 1.807) is 25.3 Å². The van der Waals surface area contributed by atoms with Gasteiger partial charge in [0.05, 0.1) is 13.3 Å². The highest BCUT2D eigenvalue weighted by atomic mass is 79.9. The lowest BCUT2D eigenvalue weighted by atomic mass is 10.2. The largest absolute Gasteiger partial charge is 0.493 e. The topological polar surface area (TPSA) is 51.0 Å². The molecule has 1 N–H and O–H groups in total. The van der Waals surface area contributed by atoms with Gasteiger partial charge in [-0.1, -0.05) is 44.8 Å². The molecule has 4 nitrogen and oxygen atoms in total. The average molecular weight is 371 g/mol. The fraction of sp³-hybridized carbons (Fsp3) is 0.133. The minimum absolute atomic E-state index is 0.324. The Morgan fingerprint density at radius 1 is 1.33 bits per heavy atom. The summed E-state index contributed by atoms with van der Waals surface area (Å²) >= 11 is 9.31. The van der Waals surface area contributed by atoms with E-state index < -0.39 is 0 Å². The van der Waals surface area contributed by atoms with Gasteiger partial charge in [-0.25, -0.2) is 0 Å². The Morgan fingerprint density at radius 3 is 2.81 bits per heavy atom. The minimum Gasteiger partial charge on any atom is -0.493 e. The smallest absolute Gasteiger partial charge is 0.170 e. The molecule has 0 saturated heterocycles. The Hall–Kier alpha value is -1.72. The van der Waals surface area contributed by atoms with Crippen LogP contribution >= 0.6 is 27.5 Å². The first-order valence-corrected chi connectivity index (χ1v) is 7.23. The third-order valence-electron chi connectivity index (χ3n) is 2.74. The zero-order valence-electron chi connectivity index (χ0n) is 11.2. The predicted octanol–water partition coefficient (Wildman–Crippen LogP) is 4.50. The molecular weight excluding hydrogens is 358 g/mol. The van der Waals surface area contributed by atoms with Crippen LogP contribution in [0.4, 0.5) is 0 Å². The number of methoxy groups -OCH3 is 1. The maximum Gasteiger partial charge on any atom is 0.170 e. The fourth-order valence-electron chi connectivity index (χ4n) is 1.84. The van der Waals surface area contributed by atoms with Crippen molar-refractivity contribution in [2.75, 3.05) is 7.11 Å². The molecule has 0 radical (unpaired) electrons. The van der Waals surface area contributed by atoms with Gasteiger partial charge in [0.1, 0.15) is 6.61 Å². The van der Waals surface area contributed by atoms with Crippen molar-refractivity contribution >= 4 is 33.7 Å². The molecule has 2 aromatic carbocycles. The molecule has 2 aromatic rings. The lowest BCUT2D eigenvalue weighted by Crippen LogP contribution is -2.01. The standard InChI is InChI=1S/C15H13BrClNO3/c1-20-14-7-12(16)6-11(8-18-19)15(14)21-9-10-3-2-4-13(17)5-10/h2-8,19H,9H2,1H3. The molecule has 0 aliphatic carbocycles. The van der Waals surface area contributed by atoms with Crippen LogP contribution in [-0.4, -0.2) is 18.5 Å². The molecule has 0 aromatic heterocycles. The number of oxime groups is 1. The van der Waals surface area contributed by atoms with E-state index in [1.807, 2.05) is 18.2 Å². The highest BCUT2D eigenvalue weighted by Crippen LogP contribution is 2.34. The van der Waals surface area contributed by atoms with Crippen LogP contribution in [0.25, 0.3) is 0 Å². The van der Waals surface area contributed by atoms with E-state index in [0.29, 0.717) is 28.7 Å². The molecule has 0 saturated carbocycles. The molecule has 0 amide bonds. The van der Waals surface area contributed by atoms with Crippen LogP contribution < -0.4 is 9.47 Å². The van der Waals surface area contributed by atoms with Crippen LogP contribution in [0, 0.1) is 0 Å². The van der Waals surface area contributed by atoms with Crippen molar-refractivity contribution in [3.05, 3.63) is 57.0 Å². The second-order valence-corrected chi connectivity index (χ2v) is 5.54. The van der Waals surface area contributed by atoms with E-state index >= 15 is 0 Å². The molecule has 110 valence electrons. The van der Waals surface area contributed by atoms with Crippen molar-refractivity contribution in [1.82, 2.24) is 0 Å². The van der Waals surface area contributed by atoms with Crippen molar-refractivity contribution in [2.45, 2.75) is 6.61 Å². The molecule has 0 spiro atoms. The molecule has 6 heteroatoms. The van der Waals surface area contributed by atoms with Gasteiger partial charge in [-0.05, 0) is 29.8 Å². The van der Waals surface area contributed by atoms with Gasteiger partial charge in [0.2, 0.25) is 0 Å². The van der Waals surface area contributed by atoms with E-state index in [0.717, 1.165) is 10.0 Å². The summed E-state index contributed by atoms with van der Waals surface area (Å²) in [4.78, 5) is 0. The van der Waals surface area contributed by atoms with Crippen molar-refractivity contribution in [3.63, 3.8) is 0 Å². The molecule has 0 bridgehead atoms. The summed E-state index contributed by atoms with van der Waals surface area (Å²) in [5, 5.41) is 12.5. The first-order valence-electron chi connectivity index (χ1n) is 6.06. The minimum atomic E-state index is 0.324. The maximum atomic E-state index is 8.76. The van der Waals surface area contributed by atoms with Crippen LogP contribution in [0.3, 0.4) is 0 Å². The first-order chi connectivity index (χ1) is 10.1. The molecule has 0 fully saturated rings. The monoisotopic (exact) mass is 369 g/mol. The number of benzene rings is 2. The second-order valence-electron chi connectivity index (χ2n) is 4.19. The van der Waals surface area contributed by atoms with E-state index in [4.69, 9.17) is 26.3 Å². The summed E-state index contributed by atoms with van der Waals surface area (Å²) in [6, 6.07) is 11.0. The number of nitrogens with zero attached hydrogens (tertiary/aromatic N) is 1. The fourth-order valence-corrected chi connectivity index (χ4v) is 2.50. The quantitative estimate of drug-likeness (QED) is 0.479. The highest BCUT2D eigenvalue weighted by Gasteiger charge is 2.12. The molecule has 0 aliphatic heterocycles. The number of rotatable bonds is 5. The molecule has 2 rings (SSSR count). The zero-order chi connectivity index (χ0) is 15.2. The Labute approximate surface area is 136 Å². The second kappa shape index (κ2) is 7.33. The van der Waals surface area contributed by atoms with Gasteiger partial charge < -0.3 is 14.7 Å². The van der Waals surface area contributed by atoms with E-state index in [-0.39, 0.29) is 0 Å². The Balaban J connectivity index is 2.29. The molecule has 0 atom stereocenters. The summed E-state index contributed by atoms with van der Waals surface area (Å²) in [6.07, 6.45) is 1.29. The summed E-state index contributed by atoms with van der Waals surface area (Å²) in [6.45, 7) is 0.324. The summed E-state index contributed by atoms with van der Waals surface area (Å²) in [7, 11) is 1.55. The maximum absolute atomic E-state index is 8.76. The van der Waals surface area contributed by atoms with Gasteiger partial charge in [0.25, 0.3) is 0 Å². The normalized spacial score (nSPS) is 10.8. The Morgan fingerprint density at radius 2 is 2.14 bits per heavy atom. The number of hydrogen-bond donors (Lipinski definition) is 1. The van der Waals surface area contributed by atoms with E-state index in [2.05, 4.69) is 21.1 Å². The third kappa shape index (κ3) is 4.12. The lowest BCUT2D eigenvalue weighted by Gasteiger charge is -2.14. The summed E-state index contributed by atoms with van der Waals surface area (Å²) in [5.74, 6) is 1.04.